The Morgan fingerprint density at radius 1 is 1.41 bits per heavy atom. The van der Waals surface area contributed by atoms with Gasteiger partial charge in [-0.2, -0.15) is 0 Å². The summed E-state index contributed by atoms with van der Waals surface area (Å²) in [5, 5.41) is 14.3. The van der Waals surface area contributed by atoms with Crippen LogP contribution in [0, 0.1) is 6.92 Å². The molecule has 2 rings (SSSR count). The normalized spacial score (nSPS) is 12.6. The number of hydrogen-bond acceptors (Lipinski definition) is 4. The van der Waals surface area contributed by atoms with Crippen LogP contribution in [-0.4, -0.2) is 22.7 Å². The van der Waals surface area contributed by atoms with Crippen molar-refractivity contribution >= 4 is 22.1 Å². The molecule has 4 nitrogen and oxygen atoms in total. The van der Waals surface area contributed by atoms with E-state index in [0.717, 1.165) is 27.8 Å². The van der Waals surface area contributed by atoms with Crippen LogP contribution in [0.25, 0.3) is 10.8 Å². The van der Waals surface area contributed by atoms with Crippen molar-refractivity contribution < 1.29 is 5.11 Å². The molecule has 1 unspecified atom stereocenters. The molecule has 1 aromatic heterocycles. The lowest BCUT2D eigenvalue weighted by Gasteiger charge is -2.15. The quantitative estimate of drug-likeness (QED) is 0.706. The summed E-state index contributed by atoms with van der Waals surface area (Å²) in [6.07, 6.45) is 1.79. The highest BCUT2D eigenvalue weighted by Gasteiger charge is 2.07. The summed E-state index contributed by atoms with van der Waals surface area (Å²) in [6.45, 7) is 3.97. The van der Waals surface area contributed by atoms with Crippen molar-refractivity contribution in [3.63, 3.8) is 0 Å². The molecular formula is C13H17N3O. The molecule has 0 radical (unpaired) electrons. The number of fused-ring (bicyclic) bond motifs is 1. The average Bonchev–Trinajstić information content (AvgIpc) is 2.32. The molecule has 90 valence electrons. The lowest BCUT2D eigenvalue weighted by atomic mass is 10.1. The minimum Gasteiger partial charge on any atom is -0.398 e. The number of aryl methyl sites for hydroxylation is 1. The average molecular weight is 231 g/mol. The van der Waals surface area contributed by atoms with Crippen molar-refractivity contribution in [2.45, 2.75) is 19.9 Å². The molecule has 0 fully saturated rings. The number of nitrogens with two attached hydrogens (primary N) is 1. The maximum Gasteiger partial charge on any atom is 0.0630 e. The molecule has 0 bridgehead atoms. The van der Waals surface area contributed by atoms with Gasteiger partial charge in [0.1, 0.15) is 0 Å². The highest BCUT2D eigenvalue weighted by atomic mass is 16.3. The number of anilines is 2. The van der Waals surface area contributed by atoms with E-state index in [0.29, 0.717) is 0 Å². The lowest BCUT2D eigenvalue weighted by molar-refractivity contribution is 0.281. The fourth-order valence-corrected chi connectivity index (χ4v) is 1.80. The van der Waals surface area contributed by atoms with E-state index in [1.54, 1.807) is 6.20 Å². The Morgan fingerprint density at radius 3 is 2.88 bits per heavy atom. The monoisotopic (exact) mass is 231 g/mol. The van der Waals surface area contributed by atoms with Gasteiger partial charge in [0.2, 0.25) is 0 Å². The Bertz CT molecular complexity index is 539. The summed E-state index contributed by atoms with van der Waals surface area (Å²) in [5.41, 5.74) is 8.56. The van der Waals surface area contributed by atoms with Gasteiger partial charge >= 0.3 is 0 Å². The number of aromatic nitrogens is 1. The molecule has 17 heavy (non-hydrogen) atoms. The number of aliphatic hydroxyl groups excluding tert-OH is 1. The van der Waals surface area contributed by atoms with Gasteiger partial charge in [-0.25, -0.2) is 0 Å². The molecule has 2 aromatic rings. The highest BCUT2D eigenvalue weighted by Crippen LogP contribution is 2.28. The Balaban J connectivity index is 2.55. The molecule has 0 aliphatic carbocycles. The predicted octanol–water partition coefficient (Wildman–Crippen LogP) is 1.92. The van der Waals surface area contributed by atoms with Crippen molar-refractivity contribution in [1.82, 2.24) is 4.98 Å². The van der Waals surface area contributed by atoms with Crippen LogP contribution in [0.15, 0.2) is 24.4 Å². The molecule has 4 N–H and O–H groups in total. The second-order valence-corrected chi connectivity index (χ2v) is 4.30. The van der Waals surface area contributed by atoms with Gasteiger partial charge in [-0.05, 0) is 32.0 Å². The summed E-state index contributed by atoms with van der Waals surface area (Å²) in [4.78, 5) is 4.25. The maximum absolute atomic E-state index is 9.08. The van der Waals surface area contributed by atoms with Gasteiger partial charge in [-0.15, -0.1) is 0 Å². The van der Waals surface area contributed by atoms with E-state index >= 15 is 0 Å². The zero-order valence-electron chi connectivity index (χ0n) is 10.1. The van der Waals surface area contributed by atoms with Crippen LogP contribution in [0.1, 0.15) is 12.6 Å². The van der Waals surface area contributed by atoms with Crippen LogP contribution in [0.2, 0.25) is 0 Å². The second-order valence-electron chi connectivity index (χ2n) is 4.30. The molecule has 0 aliphatic rings. The Labute approximate surface area is 100 Å². The van der Waals surface area contributed by atoms with E-state index < -0.39 is 0 Å². The third-order valence-electron chi connectivity index (χ3n) is 2.75. The summed E-state index contributed by atoms with van der Waals surface area (Å²) in [7, 11) is 0. The largest absolute Gasteiger partial charge is 0.398 e. The first-order valence-corrected chi connectivity index (χ1v) is 5.64. The maximum atomic E-state index is 9.08. The number of nitrogens with zero attached hydrogens (tertiary/aromatic N) is 1. The zero-order chi connectivity index (χ0) is 12.4. The van der Waals surface area contributed by atoms with Crippen LogP contribution >= 0.6 is 0 Å². The third kappa shape index (κ3) is 2.31. The molecule has 0 spiro atoms. The third-order valence-corrected chi connectivity index (χ3v) is 2.75. The van der Waals surface area contributed by atoms with Crippen molar-refractivity contribution in [2.24, 2.45) is 0 Å². The number of hydrogen-bond donors (Lipinski definition) is 3. The Kier molecular flexibility index (Phi) is 3.15. The first-order chi connectivity index (χ1) is 8.11. The van der Waals surface area contributed by atoms with E-state index in [9.17, 15) is 0 Å². The van der Waals surface area contributed by atoms with E-state index in [1.807, 2.05) is 32.0 Å². The van der Waals surface area contributed by atoms with E-state index in [2.05, 4.69) is 10.3 Å². The summed E-state index contributed by atoms with van der Waals surface area (Å²) < 4.78 is 0. The van der Waals surface area contributed by atoms with Crippen LogP contribution in [-0.2, 0) is 0 Å². The highest BCUT2D eigenvalue weighted by molar-refractivity contribution is 6.00. The lowest BCUT2D eigenvalue weighted by Crippen LogP contribution is -2.19. The van der Waals surface area contributed by atoms with Gasteiger partial charge < -0.3 is 16.2 Å². The Morgan fingerprint density at radius 2 is 2.18 bits per heavy atom. The molecule has 0 saturated heterocycles. The molecular weight excluding hydrogens is 214 g/mol. The molecule has 1 atom stereocenters. The molecule has 0 saturated carbocycles. The van der Waals surface area contributed by atoms with Crippen molar-refractivity contribution in [1.29, 1.82) is 0 Å². The van der Waals surface area contributed by atoms with Crippen molar-refractivity contribution in [3.8, 4) is 0 Å². The number of pyridine rings is 1. The van der Waals surface area contributed by atoms with Gasteiger partial charge in [0.05, 0.1) is 6.61 Å². The minimum absolute atomic E-state index is 0.00953. The fraction of sp³-hybridized carbons (Fsp3) is 0.308. The smallest absolute Gasteiger partial charge is 0.0630 e. The molecule has 4 heteroatoms. The second kappa shape index (κ2) is 4.59. The summed E-state index contributed by atoms with van der Waals surface area (Å²) in [6, 6.07) is 5.79. The van der Waals surface area contributed by atoms with Crippen LogP contribution in [0.5, 0.6) is 0 Å². The van der Waals surface area contributed by atoms with Gasteiger partial charge in [-0.3, -0.25) is 4.98 Å². The number of benzene rings is 1. The van der Waals surface area contributed by atoms with E-state index in [-0.39, 0.29) is 12.6 Å². The predicted molar refractivity (Wildman–Crippen MR) is 71.1 cm³/mol. The minimum atomic E-state index is 0.00953. The van der Waals surface area contributed by atoms with Crippen molar-refractivity contribution in [2.75, 3.05) is 17.7 Å². The Hall–Kier alpha value is -1.81. The topological polar surface area (TPSA) is 71.2 Å². The van der Waals surface area contributed by atoms with Crippen LogP contribution in [0.3, 0.4) is 0 Å². The molecule has 0 aliphatic heterocycles. The zero-order valence-corrected chi connectivity index (χ0v) is 10.1. The number of nitrogens with one attached hydrogen (secondary N) is 1. The summed E-state index contributed by atoms with van der Waals surface area (Å²) in [5.74, 6) is 0. The van der Waals surface area contributed by atoms with Gasteiger partial charge in [0.25, 0.3) is 0 Å². The standard InChI is InChI=1S/C13H17N3O/c1-8-5-10-11(6-15-8)12(14)3-4-13(10)16-9(2)7-17/h3-6,9,16-17H,7,14H2,1-2H3. The van der Waals surface area contributed by atoms with Crippen LogP contribution < -0.4 is 11.1 Å². The molecule has 0 amide bonds. The number of rotatable bonds is 3. The van der Waals surface area contributed by atoms with E-state index in [1.165, 1.54) is 0 Å². The van der Waals surface area contributed by atoms with Gasteiger partial charge in [0.15, 0.2) is 0 Å². The van der Waals surface area contributed by atoms with Crippen LogP contribution in [0.4, 0.5) is 11.4 Å². The first kappa shape index (κ1) is 11.7. The summed E-state index contributed by atoms with van der Waals surface area (Å²) >= 11 is 0. The first-order valence-electron chi connectivity index (χ1n) is 5.64. The number of aliphatic hydroxyl groups is 1. The molecule has 1 heterocycles. The van der Waals surface area contributed by atoms with E-state index in [4.69, 9.17) is 10.8 Å². The number of nitrogen functional groups attached to an aromatic ring is 1. The fourth-order valence-electron chi connectivity index (χ4n) is 1.80. The van der Waals surface area contributed by atoms with Gasteiger partial charge in [0, 0.05) is 40.1 Å². The van der Waals surface area contributed by atoms with Crippen molar-refractivity contribution in [3.05, 3.63) is 30.1 Å². The molecule has 1 aromatic carbocycles. The van der Waals surface area contributed by atoms with Gasteiger partial charge in [-0.1, -0.05) is 0 Å². The SMILES string of the molecule is Cc1cc2c(NC(C)CO)ccc(N)c2cn1.